The predicted octanol–water partition coefficient (Wildman–Crippen LogP) is 1.93. The van der Waals surface area contributed by atoms with Gasteiger partial charge >= 0.3 is 0 Å². The summed E-state index contributed by atoms with van der Waals surface area (Å²) in [6.07, 6.45) is -0.309. The van der Waals surface area contributed by atoms with Crippen molar-refractivity contribution in [3.8, 4) is 0 Å². The van der Waals surface area contributed by atoms with Crippen LogP contribution in [-0.2, 0) is 4.79 Å². The summed E-state index contributed by atoms with van der Waals surface area (Å²) in [6.45, 7) is 4.84. The summed E-state index contributed by atoms with van der Waals surface area (Å²) >= 11 is 0. The lowest BCUT2D eigenvalue weighted by atomic mass is 9.93. The van der Waals surface area contributed by atoms with Crippen LogP contribution in [-0.4, -0.2) is 39.8 Å². The Morgan fingerprint density at radius 3 is 2.86 bits per heavy atom. The number of non-ortho nitro benzene ring substituents is 1. The highest BCUT2D eigenvalue weighted by Gasteiger charge is 2.30. The molecule has 114 valence electrons. The lowest BCUT2D eigenvalue weighted by Gasteiger charge is -2.37. The monoisotopic (exact) mass is 292 g/mol. The Kier molecular flexibility index (Phi) is 4.69. The van der Waals surface area contributed by atoms with E-state index in [0.717, 1.165) is 0 Å². The second kappa shape index (κ2) is 6.32. The molecule has 1 aromatic carbocycles. The summed E-state index contributed by atoms with van der Waals surface area (Å²) in [5, 5.41) is 21.1. The Bertz CT molecular complexity index is 546. The third-order valence-corrected chi connectivity index (χ3v) is 4.05. The molecule has 1 N–H and O–H groups in total. The van der Waals surface area contributed by atoms with Gasteiger partial charge in [-0.05, 0) is 12.5 Å². The number of β-amino-alcohol motifs (C(OH)–C–C–N with tert-alkyl or cyclic N) is 1. The molecule has 3 unspecified atom stereocenters. The first-order valence-corrected chi connectivity index (χ1v) is 7.07. The number of carbonyl (C=O) groups is 1. The minimum absolute atomic E-state index is 0.0261. The first kappa shape index (κ1) is 15.6. The number of nitro benzene ring substituents is 1. The molecule has 1 saturated heterocycles. The highest BCUT2D eigenvalue weighted by molar-refractivity contribution is 5.82. The Morgan fingerprint density at radius 2 is 2.19 bits per heavy atom. The van der Waals surface area contributed by atoms with E-state index >= 15 is 0 Å². The summed E-state index contributed by atoms with van der Waals surface area (Å²) in [5.74, 6) is 0.224. The third kappa shape index (κ3) is 3.65. The van der Waals surface area contributed by atoms with Crippen LogP contribution in [0.5, 0.6) is 0 Å². The largest absolute Gasteiger partial charge is 0.387 e. The maximum Gasteiger partial charge on any atom is 0.269 e. The molecule has 2 rings (SSSR count). The molecule has 1 aromatic rings. The highest BCUT2D eigenvalue weighted by Crippen LogP contribution is 2.24. The lowest BCUT2D eigenvalue weighted by molar-refractivity contribution is -0.385. The number of aliphatic hydroxyl groups is 1. The smallest absolute Gasteiger partial charge is 0.269 e. The number of rotatable bonds is 4. The number of nitro groups is 1. The molecule has 1 fully saturated rings. The number of hydrogen-bond acceptors (Lipinski definition) is 5. The highest BCUT2D eigenvalue weighted by atomic mass is 16.6. The summed E-state index contributed by atoms with van der Waals surface area (Å²) < 4.78 is 0. The van der Waals surface area contributed by atoms with Crippen LogP contribution in [0.3, 0.4) is 0 Å². The standard InChI is InChI=1S/C15H20N2O4/c1-10-8-16(11(2)6-14(10)18)9-15(19)12-4-3-5-13(7-12)17(20)21/h3-5,7,10-11,15,19H,6,8-9H2,1-2H3. The molecule has 6 nitrogen and oxygen atoms in total. The van der Waals surface area contributed by atoms with E-state index in [1.54, 1.807) is 12.1 Å². The number of piperidine rings is 1. The van der Waals surface area contributed by atoms with Gasteiger partial charge in [-0.2, -0.15) is 0 Å². The van der Waals surface area contributed by atoms with Gasteiger partial charge in [-0.25, -0.2) is 0 Å². The molecular formula is C15H20N2O4. The van der Waals surface area contributed by atoms with Crippen molar-refractivity contribution in [3.63, 3.8) is 0 Å². The van der Waals surface area contributed by atoms with Crippen molar-refractivity contribution in [1.29, 1.82) is 0 Å². The van der Waals surface area contributed by atoms with Crippen LogP contribution in [0.15, 0.2) is 24.3 Å². The van der Waals surface area contributed by atoms with Gasteiger partial charge in [0.05, 0.1) is 11.0 Å². The van der Waals surface area contributed by atoms with Crippen LogP contribution < -0.4 is 0 Å². The maximum absolute atomic E-state index is 11.7. The fourth-order valence-electron chi connectivity index (χ4n) is 2.68. The zero-order valence-corrected chi connectivity index (χ0v) is 12.2. The molecule has 0 bridgehead atoms. The molecule has 1 aliphatic heterocycles. The third-order valence-electron chi connectivity index (χ3n) is 4.05. The number of hydrogen-bond donors (Lipinski definition) is 1. The van der Waals surface area contributed by atoms with Crippen molar-refractivity contribution in [2.75, 3.05) is 13.1 Å². The van der Waals surface area contributed by atoms with Gasteiger partial charge in [0.15, 0.2) is 0 Å². The van der Waals surface area contributed by atoms with Gasteiger partial charge in [0.2, 0.25) is 0 Å². The van der Waals surface area contributed by atoms with Crippen molar-refractivity contribution >= 4 is 11.5 Å². The average molecular weight is 292 g/mol. The summed E-state index contributed by atoms with van der Waals surface area (Å²) in [7, 11) is 0. The number of Topliss-reactive ketones (excluding diaryl/α,β-unsaturated/α-hetero) is 1. The van der Waals surface area contributed by atoms with Gasteiger partial charge < -0.3 is 5.11 Å². The average Bonchev–Trinajstić information content (AvgIpc) is 2.44. The number of ketones is 1. The Balaban J connectivity index is 2.07. The van der Waals surface area contributed by atoms with Gasteiger partial charge in [-0.3, -0.25) is 19.8 Å². The summed E-state index contributed by atoms with van der Waals surface area (Å²) in [4.78, 5) is 24.0. The second-order valence-corrected chi connectivity index (χ2v) is 5.74. The van der Waals surface area contributed by atoms with Crippen molar-refractivity contribution in [2.24, 2.45) is 5.92 Å². The van der Waals surface area contributed by atoms with Crippen molar-refractivity contribution < 1.29 is 14.8 Å². The van der Waals surface area contributed by atoms with Crippen molar-refractivity contribution in [3.05, 3.63) is 39.9 Å². The van der Waals surface area contributed by atoms with E-state index in [1.807, 2.05) is 13.8 Å². The van der Waals surface area contributed by atoms with Gasteiger partial charge in [-0.15, -0.1) is 0 Å². The zero-order chi connectivity index (χ0) is 15.6. The van der Waals surface area contributed by atoms with Gasteiger partial charge in [0, 0.05) is 43.6 Å². The molecule has 1 aliphatic rings. The SMILES string of the molecule is CC1CN(CC(O)c2cccc([N+](=O)[O-])c2)C(C)CC1=O. The number of likely N-dealkylation sites (tertiary alicyclic amines) is 1. The van der Waals surface area contributed by atoms with Crippen LogP contribution >= 0.6 is 0 Å². The Hall–Kier alpha value is -1.79. The molecule has 0 aliphatic carbocycles. The van der Waals surface area contributed by atoms with E-state index in [-0.39, 0.29) is 23.4 Å². The van der Waals surface area contributed by atoms with E-state index in [1.165, 1.54) is 12.1 Å². The van der Waals surface area contributed by atoms with E-state index < -0.39 is 11.0 Å². The molecule has 6 heteroatoms. The maximum atomic E-state index is 11.7. The van der Waals surface area contributed by atoms with Gasteiger partial charge in [0.1, 0.15) is 5.78 Å². The first-order chi connectivity index (χ1) is 9.88. The molecule has 0 aromatic heterocycles. The minimum Gasteiger partial charge on any atom is -0.387 e. The molecule has 0 radical (unpaired) electrons. The van der Waals surface area contributed by atoms with Crippen LogP contribution in [0.4, 0.5) is 5.69 Å². The van der Waals surface area contributed by atoms with Crippen molar-refractivity contribution in [2.45, 2.75) is 32.4 Å². The zero-order valence-electron chi connectivity index (χ0n) is 12.2. The van der Waals surface area contributed by atoms with Crippen LogP contribution in [0.2, 0.25) is 0 Å². The summed E-state index contributed by atoms with van der Waals surface area (Å²) in [5.41, 5.74) is 0.503. The van der Waals surface area contributed by atoms with Crippen LogP contribution in [0, 0.1) is 16.0 Å². The van der Waals surface area contributed by atoms with Gasteiger partial charge in [-0.1, -0.05) is 19.1 Å². The molecular weight excluding hydrogens is 272 g/mol. The van der Waals surface area contributed by atoms with E-state index in [4.69, 9.17) is 0 Å². The topological polar surface area (TPSA) is 83.7 Å². The van der Waals surface area contributed by atoms with Crippen LogP contribution in [0.25, 0.3) is 0 Å². The van der Waals surface area contributed by atoms with Gasteiger partial charge in [0.25, 0.3) is 5.69 Å². The van der Waals surface area contributed by atoms with Crippen LogP contribution in [0.1, 0.15) is 31.9 Å². The molecule has 0 spiro atoms. The summed E-state index contributed by atoms with van der Waals surface area (Å²) in [6, 6.07) is 6.14. The normalized spacial score (nSPS) is 24.8. The Labute approximate surface area is 123 Å². The number of aliphatic hydroxyl groups excluding tert-OH is 1. The fraction of sp³-hybridized carbons (Fsp3) is 0.533. The molecule has 0 saturated carbocycles. The quantitative estimate of drug-likeness (QED) is 0.677. The second-order valence-electron chi connectivity index (χ2n) is 5.74. The number of benzene rings is 1. The first-order valence-electron chi connectivity index (χ1n) is 7.07. The minimum atomic E-state index is -0.798. The van der Waals surface area contributed by atoms with E-state index in [0.29, 0.717) is 25.1 Å². The molecule has 1 heterocycles. The number of carbonyl (C=O) groups excluding carboxylic acids is 1. The van der Waals surface area contributed by atoms with E-state index in [9.17, 15) is 20.0 Å². The molecule has 3 atom stereocenters. The Morgan fingerprint density at radius 1 is 1.48 bits per heavy atom. The number of nitrogens with zero attached hydrogens (tertiary/aromatic N) is 2. The molecule has 21 heavy (non-hydrogen) atoms. The van der Waals surface area contributed by atoms with Crippen molar-refractivity contribution in [1.82, 2.24) is 4.90 Å². The molecule has 0 amide bonds. The fourth-order valence-corrected chi connectivity index (χ4v) is 2.68. The predicted molar refractivity (Wildman–Crippen MR) is 77.9 cm³/mol. The van der Waals surface area contributed by atoms with E-state index in [2.05, 4.69) is 4.90 Å². The lowest BCUT2D eigenvalue weighted by Crippen LogP contribution is -2.47.